The lowest BCUT2D eigenvalue weighted by Gasteiger charge is -2.30. The number of piperidine rings is 1. The molecule has 110 valence electrons. The standard InChI is InChI=1S/C15H21NO4/c1-10(12-7-3-4-9-16-12)20-14-11(15(17)18)6-5-8-13(14)19-2/h5-6,8,10,12,16H,3-4,7,9H2,1-2H3,(H,17,18). The Morgan fingerprint density at radius 3 is 2.85 bits per heavy atom. The number of aromatic carboxylic acids is 1. The Bertz CT molecular complexity index is 469. The summed E-state index contributed by atoms with van der Waals surface area (Å²) in [5.74, 6) is -0.252. The van der Waals surface area contributed by atoms with Crippen LogP contribution in [0.25, 0.3) is 0 Å². The molecule has 0 bridgehead atoms. The van der Waals surface area contributed by atoms with Crippen LogP contribution in [0.5, 0.6) is 11.5 Å². The normalized spacial score (nSPS) is 20.2. The molecule has 1 aliphatic rings. The molecule has 1 aliphatic heterocycles. The van der Waals surface area contributed by atoms with Gasteiger partial charge in [0.05, 0.1) is 7.11 Å². The Hall–Kier alpha value is -1.75. The van der Waals surface area contributed by atoms with Gasteiger partial charge in [-0.1, -0.05) is 12.5 Å². The zero-order valence-corrected chi connectivity index (χ0v) is 11.9. The van der Waals surface area contributed by atoms with E-state index in [0.717, 1.165) is 13.0 Å². The van der Waals surface area contributed by atoms with Crippen LogP contribution in [-0.4, -0.2) is 36.9 Å². The molecule has 0 radical (unpaired) electrons. The van der Waals surface area contributed by atoms with Gasteiger partial charge in [-0.15, -0.1) is 0 Å². The summed E-state index contributed by atoms with van der Waals surface area (Å²) in [6.45, 7) is 2.94. The SMILES string of the molecule is COc1cccc(C(=O)O)c1OC(C)C1CCCCN1. The van der Waals surface area contributed by atoms with Crippen LogP contribution in [0.2, 0.25) is 0 Å². The monoisotopic (exact) mass is 279 g/mol. The molecule has 20 heavy (non-hydrogen) atoms. The number of methoxy groups -OCH3 is 1. The molecule has 2 unspecified atom stereocenters. The molecular formula is C15H21NO4. The third-order valence-electron chi connectivity index (χ3n) is 3.65. The minimum Gasteiger partial charge on any atom is -0.493 e. The topological polar surface area (TPSA) is 67.8 Å². The van der Waals surface area contributed by atoms with Crippen LogP contribution < -0.4 is 14.8 Å². The van der Waals surface area contributed by atoms with Gasteiger partial charge in [-0.25, -0.2) is 4.79 Å². The minimum absolute atomic E-state index is 0.107. The number of rotatable bonds is 5. The van der Waals surface area contributed by atoms with E-state index in [1.807, 2.05) is 6.92 Å². The number of carboxylic acid groups (broad SMARTS) is 1. The molecule has 1 aromatic rings. The van der Waals surface area contributed by atoms with E-state index < -0.39 is 5.97 Å². The number of carboxylic acids is 1. The molecule has 2 rings (SSSR count). The fourth-order valence-corrected chi connectivity index (χ4v) is 2.51. The Morgan fingerprint density at radius 1 is 1.45 bits per heavy atom. The van der Waals surface area contributed by atoms with Gasteiger partial charge in [0.15, 0.2) is 11.5 Å². The summed E-state index contributed by atoms with van der Waals surface area (Å²) in [6.07, 6.45) is 3.28. The number of benzene rings is 1. The lowest BCUT2D eigenvalue weighted by Crippen LogP contribution is -2.44. The number of para-hydroxylation sites is 1. The molecule has 5 heteroatoms. The van der Waals surface area contributed by atoms with E-state index in [9.17, 15) is 9.90 Å². The van der Waals surface area contributed by atoms with Crippen LogP contribution in [0.3, 0.4) is 0 Å². The molecule has 0 amide bonds. The summed E-state index contributed by atoms with van der Waals surface area (Å²) < 4.78 is 11.1. The van der Waals surface area contributed by atoms with Crippen LogP contribution in [0, 0.1) is 0 Å². The second kappa shape index (κ2) is 6.61. The first-order valence-electron chi connectivity index (χ1n) is 6.94. The fraction of sp³-hybridized carbons (Fsp3) is 0.533. The third-order valence-corrected chi connectivity index (χ3v) is 3.65. The van der Waals surface area contributed by atoms with Crippen LogP contribution in [0.4, 0.5) is 0 Å². The van der Waals surface area contributed by atoms with E-state index in [-0.39, 0.29) is 17.7 Å². The average Bonchev–Trinajstić information content (AvgIpc) is 2.48. The number of ether oxygens (including phenoxy) is 2. The smallest absolute Gasteiger partial charge is 0.339 e. The number of nitrogens with one attached hydrogen (secondary N) is 1. The number of carbonyl (C=O) groups is 1. The van der Waals surface area contributed by atoms with Gasteiger partial charge < -0.3 is 19.9 Å². The molecule has 1 fully saturated rings. The highest BCUT2D eigenvalue weighted by molar-refractivity contribution is 5.92. The Labute approximate surface area is 118 Å². The van der Waals surface area contributed by atoms with E-state index in [2.05, 4.69) is 5.32 Å². The summed E-state index contributed by atoms with van der Waals surface area (Å²) >= 11 is 0. The minimum atomic E-state index is -1.01. The summed E-state index contributed by atoms with van der Waals surface area (Å²) in [7, 11) is 1.51. The highest BCUT2D eigenvalue weighted by Crippen LogP contribution is 2.32. The van der Waals surface area contributed by atoms with Gasteiger partial charge in [-0.05, 0) is 38.4 Å². The highest BCUT2D eigenvalue weighted by atomic mass is 16.5. The van der Waals surface area contributed by atoms with Crippen molar-refractivity contribution in [2.45, 2.75) is 38.3 Å². The molecule has 0 spiro atoms. The maximum absolute atomic E-state index is 11.3. The van der Waals surface area contributed by atoms with Gasteiger partial charge in [0.2, 0.25) is 0 Å². The van der Waals surface area contributed by atoms with Gasteiger partial charge in [-0.3, -0.25) is 0 Å². The van der Waals surface area contributed by atoms with E-state index in [1.165, 1.54) is 26.0 Å². The van der Waals surface area contributed by atoms with Crippen LogP contribution >= 0.6 is 0 Å². The lowest BCUT2D eigenvalue weighted by molar-refractivity contribution is 0.0684. The molecule has 1 heterocycles. The Morgan fingerprint density at radius 2 is 2.25 bits per heavy atom. The molecule has 0 aliphatic carbocycles. The summed E-state index contributed by atoms with van der Waals surface area (Å²) in [5.41, 5.74) is 0.131. The Balaban J connectivity index is 2.20. The van der Waals surface area contributed by atoms with Crippen molar-refractivity contribution in [3.05, 3.63) is 23.8 Å². The zero-order chi connectivity index (χ0) is 14.5. The quantitative estimate of drug-likeness (QED) is 0.865. The van der Waals surface area contributed by atoms with Gasteiger partial charge >= 0.3 is 5.97 Å². The van der Waals surface area contributed by atoms with E-state index in [1.54, 1.807) is 12.1 Å². The van der Waals surface area contributed by atoms with Crippen molar-refractivity contribution in [2.24, 2.45) is 0 Å². The molecular weight excluding hydrogens is 258 g/mol. The van der Waals surface area contributed by atoms with Gasteiger partial charge in [0.1, 0.15) is 11.7 Å². The zero-order valence-electron chi connectivity index (χ0n) is 11.9. The van der Waals surface area contributed by atoms with E-state index in [0.29, 0.717) is 11.5 Å². The first-order chi connectivity index (χ1) is 9.63. The van der Waals surface area contributed by atoms with Crippen molar-refractivity contribution < 1.29 is 19.4 Å². The van der Waals surface area contributed by atoms with Crippen molar-refractivity contribution in [3.63, 3.8) is 0 Å². The first-order valence-corrected chi connectivity index (χ1v) is 6.94. The average molecular weight is 279 g/mol. The molecule has 2 N–H and O–H groups in total. The van der Waals surface area contributed by atoms with Crippen molar-refractivity contribution >= 4 is 5.97 Å². The largest absolute Gasteiger partial charge is 0.493 e. The lowest BCUT2D eigenvalue weighted by atomic mass is 10.0. The van der Waals surface area contributed by atoms with Crippen molar-refractivity contribution in [1.29, 1.82) is 0 Å². The van der Waals surface area contributed by atoms with E-state index in [4.69, 9.17) is 9.47 Å². The number of hydrogen-bond donors (Lipinski definition) is 2. The van der Waals surface area contributed by atoms with Gasteiger partial charge in [-0.2, -0.15) is 0 Å². The summed E-state index contributed by atoms with van der Waals surface area (Å²) in [4.78, 5) is 11.3. The van der Waals surface area contributed by atoms with Crippen LogP contribution in [0.15, 0.2) is 18.2 Å². The van der Waals surface area contributed by atoms with Crippen LogP contribution in [-0.2, 0) is 0 Å². The van der Waals surface area contributed by atoms with Crippen LogP contribution in [0.1, 0.15) is 36.5 Å². The highest BCUT2D eigenvalue weighted by Gasteiger charge is 2.24. The molecule has 1 saturated heterocycles. The third kappa shape index (κ3) is 3.22. The molecule has 2 atom stereocenters. The second-order valence-corrected chi connectivity index (χ2v) is 5.02. The van der Waals surface area contributed by atoms with Crippen molar-refractivity contribution in [1.82, 2.24) is 5.32 Å². The Kier molecular flexibility index (Phi) is 4.84. The molecule has 0 aromatic heterocycles. The van der Waals surface area contributed by atoms with Gasteiger partial charge in [0.25, 0.3) is 0 Å². The van der Waals surface area contributed by atoms with Crippen molar-refractivity contribution in [2.75, 3.05) is 13.7 Å². The van der Waals surface area contributed by atoms with Gasteiger partial charge in [0, 0.05) is 6.04 Å². The first kappa shape index (κ1) is 14.7. The van der Waals surface area contributed by atoms with E-state index >= 15 is 0 Å². The molecule has 0 saturated carbocycles. The second-order valence-electron chi connectivity index (χ2n) is 5.02. The fourth-order valence-electron chi connectivity index (χ4n) is 2.51. The maximum atomic E-state index is 11.3. The predicted octanol–water partition coefficient (Wildman–Crippen LogP) is 2.30. The molecule has 5 nitrogen and oxygen atoms in total. The maximum Gasteiger partial charge on any atom is 0.339 e. The predicted molar refractivity (Wildman–Crippen MR) is 75.7 cm³/mol. The summed E-state index contributed by atoms with van der Waals surface area (Å²) in [5, 5.41) is 12.7. The number of hydrogen-bond acceptors (Lipinski definition) is 4. The summed E-state index contributed by atoms with van der Waals surface area (Å²) in [6, 6.07) is 5.14. The van der Waals surface area contributed by atoms with Crippen molar-refractivity contribution in [3.8, 4) is 11.5 Å². The molecule has 1 aromatic carbocycles.